The molecule has 0 amide bonds. The molecule has 0 saturated heterocycles. The van der Waals surface area contributed by atoms with Crippen LogP contribution in [0.2, 0.25) is 0 Å². The Bertz CT molecular complexity index is 422. The summed E-state index contributed by atoms with van der Waals surface area (Å²) in [5.41, 5.74) is 2.62. The van der Waals surface area contributed by atoms with Crippen molar-refractivity contribution in [3.05, 3.63) is 64.4 Å². The molecule has 0 saturated carbocycles. The molecule has 0 aliphatic rings. The van der Waals surface area contributed by atoms with Crippen LogP contribution in [0.4, 0.5) is 0 Å². The fourth-order valence-corrected chi connectivity index (χ4v) is 1.86. The summed E-state index contributed by atoms with van der Waals surface area (Å²) < 4.78 is 1.12. The molecule has 0 spiro atoms. The number of hydrogen-bond donors (Lipinski definition) is 0. The molecule has 1 aromatic carbocycles. The van der Waals surface area contributed by atoms with Gasteiger partial charge in [0.15, 0.2) is 0 Å². The van der Waals surface area contributed by atoms with Crippen molar-refractivity contribution in [1.82, 2.24) is 4.98 Å². The van der Waals surface area contributed by atoms with Crippen LogP contribution in [0.5, 0.6) is 0 Å². The monoisotopic (exact) mass is 261 g/mol. The highest BCUT2D eigenvalue weighted by molar-refractivity contribution is 9.10. The summed E-state index contributed by atoms with van der Waals surface area (Å²) in [7, 11) is 0. The van der Waals surface area contributed by atoms with Gasteiger partial charge in [0.25, 0.3) is 0 Å². The van der Waals surface area contributed by atoms with E-state index in [4.69, 9.17) is 0 Å². The lowest BCUT2D eigenvalue weighted by Gasteiger charge is -2.11. The molecule has 0 aliphatic carbocycles. The lowest BCUT2D eigenvalue weighted by Crippen LogP contribution is -1.95. The Morgan fingerprint density at radius 1 is 0.933 bits per heavy atom. The van der Waals surface area contributed by atoms with Crippen LogP contribution in [-0.2, 0) is 0 Å². The Labute approximate surface area is 98.3 Å². The molecule has 1 atom stereocenters. The molecule has 1 heterocycles. The molecule has 2 aromatic rings. The van der Waals surface area contributed by atoms with Gasteiger partial charge in [0.2, 0.25) is 0 Å². The van der Waals surface area contributed by atoms with Gasteiger partial charge in [0.05, 0.1) is 0 Å². The van der Waals surface area contributed by atoms with Crippen LogP contribution in [0, 0.1) is 0 Å². The Hall–Kier alpha value is -1.15. The van der Waals surface area contributed by atoms with E-state index in [-0.39, 0.29) is 0 Å². The molecule has 0 bridgehead atoms. The van der Waals surface area contributed by atoms with Gasteiger partial charge in [0, 0.05) is 22.8 Å². The van der Waals surface area contributed by atoms with E-state index in [0.717, 1.165) is 4.47 Å². The van der Waals surface area contributed by atoms with Gasteiger partial charge in [-0.2, -0.15) is 0 Å². The third kappa shape index (κ3) is 2.45. The fraction of sp³-hybridized carbons (Fsp3) is 0.154. The van der Waals surface area contributed by atoms with Crippen LogP contribution in [0.25, 0.3) is 0 Å². The largest absolute Gasteiger partial charge is 0.265 e. The number of rotatable bonds is 2. The molecule has 1 nitrogen and oxygen atoms in total. The average Bonchev–Trinajstić information content (AvgIpc) is 2.30. The molecule has 0 fully saturated rings. The number of halogens is 1. The second-order valence-electron chi connectivity index (χ2n) is 3.55. The predicted octanol–water partition coefficient (Wildman–Crippen LogP) is 4.00. The van der Waals surface area contributed by atoms with Gasteiger partial charge in [-0.15, -0.1) is 0 Å². The van der Waals surface area contributed by atoms with Crippen molar-refractivity contribution >= 4 is 15.9 Å². The minimum absolute atomic E-state index is 0.418. The van der Waals surface area contributed by atoms with Gasteiger partial charge in [-0.25, -0.2) is 0 Å². The number of pyridine rings is 1. The van der Waals surface area contributed by atoms with Crippen molar-refractivity contribution < 1.29 is 0 Å². The summed E-state index contributed by atoms with van der Waals surface area (Å²) in [6, 6.07) is 12.6. The SMILES string of the molecule is CC(c1ccncc1)c1ccc(Br)cc1. The maximum Gasteiger partial charge on any atom is 0.0270 e. The summed E-state index contributed by atoms with van der Waals surface area (Å²) in [6.45, 7) is 2.21. The maximum absolute atomic E-state index is 4.03. The summed E-state index contributed by atoms with van der Waals surface area (Å²) in [5.74, 6) is 0.418. The van der Waals surface area contributed by atoms with Crippen molar-refractivity contribution in [3.63, 3.8) is 0 Å². The van der Waals surface area contributed by atoms with E-state index in [1.165, 1.54) is 11.1 Å². The number of benzene rings is 1. The van der Waals surface area contributed by atoms with E-state index in [1.54, 1.807) is 0 Å². The van der Waals surface area contributed by atoms with E-state index in [2.05, 4.69) is 64.2 Å². The first kappa shape index (κ1) is 10.4. The van der Waals surface area contributed by atoms with Gasteiger partial charge in [-0.05, 0) is 35.4 Å². The first-order valence-corrected chi connectivity index (χ1v) is 5.72. The highest BCUT2D eigenvalue weighted by Crippen LogP contribution is 2.24. The molecular weight excluding hydrogens is 250 g/mol. The zero-order valence-electron chi connectivity index (χ0n) is 8.52. The number of aromatic nitrogens is 1. The van der Waals surface area contributed by atoms with Crippen molar-refractivity contribution in [2.75, 3.05) is 0 Å². The van der Waals surface area contributed by atoms with E-state index in [9.17, 15) is 0 Å². The first-order valence-electron chi connectivity index (χ1n) is 4.93. The summed E-state index contributed by atoms with van der Waals surface area (Å²) in [6.07, 6.45) is 3.68. The Morgan fingerprint density at radius 2 is 1.47 bits per heavy atom. The molecule has 1 aromatic heterocycles. The number of nitrogens with zero attached hydrogens (tertiary/aromatic N) is 1. The van der Waals surface area contributed by atoms with E-state index < -0.39 is 0 Å². The van der Waals surface area contributed by atoms with Crippen LogP contribution >= 0.6 is 15.9 Å². The van der Waals surface area contributed by atoms with Crippen LogP contribution < -0.4 is 0 Å². The molecular formula is C13H12BrN. The first-order chi connectivity index (χ1) is 7.27. The van der Waals surface area contributed by atoms with Crippen molar-refractivity contribution in [1.29, 1.82) is 0 Å². The minimum atomic E-state index is 0.418. The van der Waals surface area contributed by atoms with Gasteiger partial charge in [-0.1, -0.05) is 35.0 Å². The van der Waals surface area contributed by atoms with Gasteiger partial charge < -0.3 is 0 Å². The minimum Gasteiger partial charge on any atom is -0.265 e. The smallest absolute Gasteiger partial charge is 0.0270 e. The van der Waals surface area contributed by atoms with Gasteiger partial charge in [0.1, 0.15) is 0 Å². The van der Waals surface area contributed by atoms with Crippen LogP contribution in [0.15, 0.2) is 53.3 Å². The highest BCUT2D eigenvalue weighted by Gasteiger charge is 2.06. The van der Waals surface area contributed by atoms with Crippen molar-refractivity contribution in [2.24, 2.45) is 0 Å². The van der Waals surface area contributed by atoms with Crippen LogP contribution in [-0.4, -0.2) is 4.98 Å². The van der Waals surface area contributed by atoms with Crippen molar-refractivity contribution in [3.8, 4) is 0 Å². The topological polar surface area (TPSA) is 12.9 Å². The highest BCUT2D eigenvalue weighted by atomic mass is 79.9. The molecule has 0 radical (unpaired) electrons. The Balaban J connectivity index is 2.29. The lowest BCUT2D eigenvalue weighted by atomic mass is 9.94. The zero-order chi connectivity index (χ0) is 10.7. The van der Waals surface area contributed by atoms with Crippen LogP contribution in [0.1, 0.15) is 24.0 Å². The predicted molar refractivity (Wildman–Crippen MR) is 65.9 cm³/mol. The standard InChI is InChI=1S/C13H12BrN/c1-10(12-6-8-15-9-7-12)11-2-4-13(14)5-3-11/h2-10H,1H3. The molecule has 2 heteroatoms. The third-order valence-electron chi connectivity index (χ3n) is 2.58. The third-order valence-corrected chi connectivity index (χ3v) is 3.10. The van der Waals surface area contributed by atoms with Crippen LogP contribution in [0.3, 0.4) is 0 Å². The summed E-state index contributed by atoms with van der Waals surface area (Å²) in [4.78, 5) is 4.03. The van der Waals surface area contributed by atoms with E-state index >= 15 is 0 Å². The molecule has 0 N–H and O–H groups in total. The second-order valence-corrected chi connectivity index (χ2v) is 4.47. The lowest BCUT2D eigenvalue weighted by molar-refractivity contribution is 0.917. The quantitative estimate of drug-likeness (QED) is 0.797. The Morgan fingerprint density at radius 3 is 2.07 bits per heavy atom. The fourth-order valence-electron chi connectivity index (χ4n) is 1.60. The van der Waals surface area contributed by atoms with Gasteiger partial charge >= 0.3 is 0 Å². The molecule has 76 valence electrons. The van der Waals surface area contributed by atoms with Crippen molar-refractivity contribution in [2.45, 2.75) is 12.8 Å². The van der Waals surface area contributed by atoms with E-state index in [0.29, 0.717) is 5.92 Å². The number of hydrogen-bond acceptors (Lipinski definition) is 1. The Kier molecular flexibility index (Phi) is 3.17. The summed E-state index contributed by atoms with van der Waals surface area (Å²) in [5, 5.41) is 0. The molecule has 2 rings (SSSR count). The molecule has 15 heavy (non-hydrogen) atoms. The van der Waals surface area contributed by atoms with Gasteiger partial charge in [-0.3, -0.25) is 4.98 Å². The maximum atomic E-state index is 4.03. The molecule has 1 unspecified atom stereocenters. The van der Waals surface area contributed by atoms with E-state index in [1.807, 2.05) is 12.4 Å². The zero-order valence-corrected chi connectivity index (χ0v) is 10.1. The second kappa shape index (κ2) is 4.58. The molecule has 0 aliphatic heterocycles. The summed E-state index contributed by atoms with van der Waals surface area (Å²) >= 11 is 3.44. The normalized spacial score (nSPS) is 12.4. The average molecular weight is 262 g/mol.